The van der Waals surface area contributed by atoms with E-state index in [1.807, 2.05) is 6.92 Å². The normalized spacial score (nSPS) is 18.0. The number of rotatable bonds is 5. The van der Waals surface area contributed by atoms with E-state index in [-0.39, 0.29) is 17.8 Å². The smallest absolute Gasteiger partial charge is 0.237 e. The summed E-state index contributed by atoms with van der Waals surface area (Å²) in [5.74, 6) is -0.128. The minimum absolute atomic E-state index is 0.0590. The second-order valence-corrected chi connectivity index (χ2v) is 5.79. The van der Waals surface area contributed by atoms with E-state index >= 15 is 0 Å². The molecule has 1 saturated heterocycles. The molecule has 0 saturated carbocycles. The maximum Gasteiger partial charge on any atom is 0.237 e. The largest absolute Gasteiger partial charge is 0.354 e. The summed E-state index contributed by atoms with van der Waals surface area (Å²) in [6.07, 6.45) is 5.66. The fourth-order valence-corrected chi connectivity index (χ4v) is 2.78. The molecule has 1 heterocycles. The van der Waals surface area contributed by atoms with Crippen LogP contribution in [0.5, 0.6) is 0 Å². The van der Waals surface area contributed by atoms with Gasteiger partial charge in [0.1, 0.15) is 5.82 Å². The molecule has 1 N–H and O–H groups in total. The molecule has 0 bridgehead atoms. The molecule has 0 aliphatic carbocycles. The molecule has 2 rings (SSSR count). The van der Waals surface area contributed by atoms with Crippen molar-refractivity contribution in [2.45, 2.75) is 45.1 Å². The fraction of sp³-hybridized carbons (Fsp3) is 0.588. The van der Waals surface area contributed by atoms with Gasteiger partial charge in [0.05, 0.1) is 6.04 Å². The Labute approximate surface area is 126 Å². The Hall–Kier alpha value is -1.42. The van der Waals surface area contributed by atoms with E-state index in [1.54, 1.807) is 12.1 Å². The van der Waals surface area contributed by atoms with Crippen LogP contribution < -0.4 is 5.32 Å². The molecule has 4 heteroatoms. The Balaban J connectivity index is 1.74. The van der Waals surface area contributed by atoms with E-state index in [1.165, 1.54) is 37.8 Å². The second kappa shape index (κ2) is 8.13. The molecule has 1 atom stereocenters. The number of carbonyl (C=O) groups excluding carboxylic acids is 1. The third-order valence-electron chi connectivity index (χ3n) is 4.19. The molecular weight excluding hydrogens is 267 g/mol. The molecule has 1 aromatic rings. The highest BCUT2D eigenvalue weighted by Gasteiger charge is 2.21. The first-order valence-electron chi connectivity index (χ1n) is 7.93. The summed E-state index contributed by atoms with van der Waals surface area (Å²) in [6.45, 7) is 4.63. The lowest BCUT2D eigenvalue weighted by Gasteiger charge is -2.26. The van der Waals surface area contributed by atoms with Gasteiger partial charge in [-0.2, -0.15) is 0 Å². The monoisotopic (exact) mass is 292 g/mol. The highest BCUT2D eigenvalue weighted by atomic mass is 19.1. The van der Waals surface area contributed by atoms with Crippen LogP contribution in [0.15, 0.2) is 24.3 Å². The van der Waals surface area contributed by atoms with Gasteiger partial charge in [-0.05, 0) is 57.0 Å². The van der Waals surface area contributed by atoms with Crippen molar-refractivity contribution >= 4 is 5.91 Å². The van der Waals surface area contributed by atoms with E-state index in [2.05, 4.69) is 10.2 Å². The van der Waals surface area contributed by atoms with E-state index in [4.69, 9.17) is 0 Å². The zero-order valence-electron chi connectivity index (χ0n) is 12.8. The van der Waals surface area contributed by atoms with Crippen LogP contribution in [0.2, 0.25) is 0 Å². The minimum Gasteiger partial charge on any atom is -0.354 e. The Morgan fingerprint density at radius 2 is 1.81 bits per heavy atom. The van der Waals surface area contributed by atoms with E-state index in [0.717, 1.165) is 25.1 Å². The molecule has 0 unspecified atom stereocenters. The zero-order valence-corrected chi connectivity index (χ0v) is 12.8. The lowest BCUT2D eigenvalue weighted by Crippen LogP contribution is -2.46. The van der Waals surface area contributed by atoms with E-state index in [0.29, 0.717) is 6.54 Å². The number of nitrogens with zero attached hydrogens (tertiary/aromatic N) is 1. The van der Waals surface area contributed by atoms with Crippen LogP contribution in [-0.2, 0) is 11.2 Å². The topological polar surface area (TPSA) is 32.3 Å². The Bertz CT molecular complexity index is 439. The predicted molar refractivity (Wildman–Crippen MR) is 82.6 cm³/mol. The van der Waals surface area contributed by atoms with Gasteiger partial charge in [0.2, 0.25) is 5.91 Å². The van der Waals surface area contributed by atoms with Crippen LogP contribution in [0.1, 0.15) is 38.2 Å². The molecular formula is C17H25FN2O. The van der Waals surface area contributed by atoms with Crippen molar-refractivity contribution in [3.63, 3.8) is 0 Å². The summed E-state index contributed by atoms with van der Waals surface area (Å²) >= 11 is 0. The maximum atomic E-state index is 12.8. The number of carbonyl (C=O) groups is 1. The first-order valence-corrected chi connectivity index (χ1v) is 7.93. The van der Waals surface area contributed by atoms with Gasteiger partial charge in [-0.15, -0.1) is 0 Å². The molecule has 1 aliphatic heterocycles. The lowest BCUT2D eigenvalue weighted by molar-refractivity contribution is -0.125. The Morgan fingerprint density at radius 3 is 2.43 bits per heavy atom. The average molecular weight is 292 g/mol. The fourth-order valence-electron chi connectivity index (χ4n) is 2.78. The van der Waals surface area contributed by atoms with Gasteiger partial charge in [0.25, 0.3) is 0 Å². The molecule has 0 radical (unpaired) electrons. The Kier molecular flexibility index (Phi) is 6.18. The van der Waals surface area contributed by atoms with Crippen molar-refractivity contribution in [3.05, 3.63) is 35.6 Å². The van der Waals surface area contributed by atoms with E-state index in [9.17, 15) is 9.18 Å². The highest BCUT2D eigenvalue weighted by Crippen LogP contribution is 2.12. The second-order valence-electron chi connectivity index (χ2n) is 5.79. The molecule has 3 nitrogen and oxygen atoms in total. The summed E-state index contributed by atoms with van der Waals surface area (Å²) < 4.78 is 12.8. The minimum atomic E-state index is -0.224. The molecule has 0 aromatic heterocycles. The molecule has 1 aliphatic rings. The van der Waals surface area contributed by atoms with Gasteiger partial charge in [0, 0.05) is 6.54 Å². The average Bonchev–Trinajstić information content (AvgIpc) is 2.77. The summed E-state index contributed by atoms with van der Waals surface area (Å²) in [4.78, 5) is 14.5. The number of hydrogen-bond acceptors (Lipinski definition) is 2. The van der Waals surface area contributed by atoms with Crippen LogP contribution >= 0.6 is 0 Å². The zero-order chi connectivity index (χ0) is 15.1. The standard InChI is InChI=1S/C17H25FN2O/c1-14(20-12-4-2-3-5-13-20)17(21)19-11-10-15-6-8-16(18)9-7-15/h6-9,14H,2-5,10-13H2,1H3,(H,19,21)/t14-/m1/s1. The summed E-state index contributed by atoms with van der Waals surface area (Å²) in [5.41, 5.74) is 1.04. The first-order chi connectivity index (χ1) is 10.2. The third-order valence-corrected chi connectivity index (χ3v) is 4.19. The van der Waals surface area contributed by atoms with Crippen molar-refractivity contribution in [2.24, 2.45) is 0 Å². The Morgan fingerprint density at radius 1 is 1.19 bits per heavy atom. The molecule has 0 spiro atoms. The molecule has 116 valence electrons. The summed E-state index contributed by atoms with van der Waals surface area (Å²) in [6, 6.07) is 6.38. The van der Waals surface area contributed by atoms with Crippen molar-refractivity contribution < 1.29 is 9.18 Å². The van der Waals surface area contributed by atoms with Crippen molar-refractivity contribution in [1.29, 1.82) is 0 Å². The van der Waals surface area contributed by atoms with Crippen LogP contribution in [0.25, 0.3) is 0 Å². The number of hydrogen-bond donors (Lipinski definition) is 1. The van der Waals surface area contributed by atoms with E-state index < -0.39 is 0 Å². The van der Waals surface area contributed by atoms with Gasteiger partial charge in [0.15, 0.2) is 0 Å². The lowest BCUT2D eigenvalue weighted by atomic mass is 10.1. The number of benzene rings is 1. The highest BCUT2D eigenvalue weighted by molar-refractivity contribution is 5.81. The van der Waals surface area contributed by atoms with Gasteiger partial charge in [-0.25, -0.2) is 4.39 Å². The van der Waals surface area contributed by atoms with Gasteiger partial charge in [-0.1, -0.05) is 25.0 Å². The molecule has 1 fully saturated rings. The molecule has 1 amide bonds. The van der Waals surface area contributed by atoms with Crippen LogP contribution in [-0.4, -0.2) is 36.5 Å². The van der Waals surface area contributed by atoms with Crippen molar-refractivity contribution in [2.75, 3.05) is 19.6 Å². The van der Waals surface area contributed by atoms with Crippen molar-refractivity contribution in [1.82, 2.24) is 10.2 Å². The van der Waals surface area contributed by atoms with Crippen molar-refractivity contribution in [3.8, 4) is 0 Å². The molecule has 1 aromatic carbocycles. The van der Waals surface area contributed by atoms with Crippen LogP contribution in [0.4, 0.5) is 4.39 Å². The van der Waals surface area contributed by atoms with Crippen LogP contribution in [0.3, 0.4) is 0 Å². The summed E-state index contributed by atoms with van der Waals surface area (Å²) in [7, 11) is 0. The predicted octanol–water partition coefficient (Wildman–Crippen LogP) is 2.75. The third kappa shape index (κ3) is 5.12. The maximum absolute atomic E-state index is 12.8. The van der Waals surface area contributed by atoms with Gasteiger partial charge >= 0.3 is 0 Å². The number of halogens is 1. The number of amides is 1. The number of nitrogens with one attached hydrogen (secondary N) is 1. The van der Waals surface area contributed by atoms with Crippen LogP contribution in [0, 0.1) is 5.82 Å². The SMILES string of the molecule is C[C@H](C(=O)NCCc1ccc(F)cc1)N1CCCCCC1. The van der Waals surface area contributed by atoms with Gasteiger partial charge in [-0.3, -0.25) is 9.69 Å². The first kappa shape index (κ1) is 16.0. The summed E-state index contributed by atoms with van der Waals surface area (Å²) in [5, 5.41) is 2.99. The quantitative estimate of drug-likeness (QED) is 0.905. The van der Waals surface area contributed by atoms with Gasteiger partial charge < -0.3 is 5.32 Å². The molecule has 21 heavy (non-hydrogen) atoms. The number of likely N-dealkylation sites (tertiary alicyclic amines) is 1.